The number of hydrogen-bond acceptors (Lipinski definition) is 4. The van der Waals surface area contributed by atoms with Crippen LogP contribution in [-0.2, 0) is 0 Å². The van der Waals surface area contributed by atoms with Gasteiger partial charge in [0.15, 0.2) is 0 Å². The van der Waals surface area contributed by atoms with Crippen molar-refractivity contribution >= 4 is 0 Å². The molecular weight excluding hydrogens is 182 g/mol. The second-order valence-electron chi connectivity index (χ2n) is 3.23. The van der Waals surface area contributed by atoms with Crippen LogP contribution < -0.4 is 10.5 Å². The Bertz CT molecular complexity index is 312. The third-order valence-electron chi connectivity index (χ3n) is 2.05. The second kappa shape index (κ2) is 4.30. The molecule has 0 saturated carbocycles. The van der Waals surface area contributed by atoms with Crippen molar-refractivity contribution < 1.29 is 14.9 Å². The molecule has 0 spiro atoms. The highest BCUT2D eigenvalue weighted by atomic mass is 16.5. The SMILES string of the molecule is COc1ccc(O)c(C(O)C(C)N)c1. The Morgan fingerprint density at radius 1 is 1.43 bits per heavy atom. The quantitative estimate of drug-likeness (QED) is 0.669. The van der Waals surface area contributed by atoms with Gasteiger partial charge in [0.25, 0.3) is 0 Å². The fourth-order valence-electron chi connectivity index (χ4n) is 1.18. The summed E-state index contributed by atoms with van der Waals surface area (Å²) in [4.78, 5) is 0. The Hall–Kier alpha value is -1.26. The number of hydrogen-bond donors (Lipinski definition) is 3. The lowest BCUT2D eigenvalue weighted by Crippen LogP contribution is -2.24. The van der Waals surface area contributed by atoms with E-state index >= 15 is 0 Å². The average molecular weight is 197 g/mol. The van der Waals surface area contributed by atoms with E-state index in [-0.39, 0.29) is 5.75 Å². The molecule has 1 aromatic rings. The van der Waals surface area contributed by atoms with Crippen molar-refractivity contribution in [3.8, 4) is 11.5 Å². The number of nitrogens with two attached hydrogens (primary N) is 1. The van der Waals surface area contributed by atoms with Gasteiger partial charge in [0.2, 0.25) is 0 Å². The molecule has 0 saturated heterocycles. The standard InChI is InChI=1S/C10H15NO3/c1-6(11)10(13)8-5-7(14-2)3-4-9(8)12/h3-6,10,12-13H,11H2,1-2H3. The number of ether oxygens (including phenoxy) is 1. The Kier molecular flexibility index (Phi) is 3.33. The molecule has 4 N–H and O–H groups in total. The molecule has 1 rings (SSSR count). The van der Waals surface area contributed by atoms with Crippen LogP contribution in [0.3, 0.4) is 0 Å². The van der Waals surface area contributed by atoms with Gasteiger partial charge in [0, 0.05) is 11.6 Å². The van der Waals surface area contributed by atoms with Crippen LogP contribution in [0.2, 0.25) is 0 Å². The van der Waals surface area contributed by atoms with Crippen LogP contribution in [0.15, 0.2) is 18.2 Å². The Morgan fingerprint density at radius 3 is 2.57 bits per heavy atom. The normalized spacial score (nSPS) is 14.9. The molecule has 0 fully saturated rings. The molecule has 0 aliphatic carbocycles. The molecule has 4 nitrogen and oxygen atoms in total. The first-order valence-electron chi connectivity index (χ1n) is 4.36. The van der Waals surface area contributed by atoms with Crippen molar-refractivity contribution in [1.82, 2.24) is 0 Å². The number of phenolic OH excluding ortho intramolecular Hbond substituents is 1. The van der Waals surface area contributed by atoms with E-state index < -0.39 is 12.1 Å². The number of phenols is 1. The zero-order valence-corrected chi connectivity index (χ0v) is 8.27. The van der Waals surface area contributed by atoms with Crippen LogP contribution in [0.25, 0.3) is 0 Å². The van der Waals surface area contributed by atoms with Crippen molar-refractivity contribution in [2.75, 3.05) is 7.11 Å². The first kappa shape index (κ1) is 10.8. The van der Waals surface area contributed by atoms with Gasteiger partial charge in [0.1, 0.15) is 11.5 Å². The van der Waals surface area contributed by atoms with Gasteiger partial charge in [-0.15, -0.1) is 0 Å². The molecule has 0 bridgehead atoms. The lowest BCUT2D eigenvalue weighted by molar-refractivity contribution is 0.149. The smallest absolute Gasteiger partial charge is 0.121 e. The maximum Gasteiger partial charge on any atom is 0.121 e. The van der Waals surface area contributed by atoms with Gasteiger partial charge in [0.05, 0.1) is 13.2 Å². The fraction of sp³-hybridized carbons (Fsp3) is 0.400. The molecule has 0 heterocycles. The molecule has 78 valence electrons. The molecule has 4 heteroatoms. The number of aliphatic hydroxyl groups excluding tert-OH is 1. The molecule has 14 heavy (non-hydrogen) atoms. The monoisotopic (exact) mass is 197 g/mol. The first-order valence-corrected chi connectivity index (χ1v) is 4.36. The summed E-state index contributed by atoms with van der Waals surface area (Å²) in [6.07, 6.45) is -0.884. The molecule has 1 aromatic carbocycles. The topological polar surface area (TPSA) is 75.7 Å². The zero-order valence-electron chi connectivity index (χ0n) is 8.27. The summed E-state index contributed by atoms with van der Waals surface area (Å²) in [6, 6.07) is 4.23. The number of methoxy groups -OCH3 is 1. The summed E-state index contributed by atoms with van der Waals surface area (Å²) < 4.78 is 4.98. The van der Waals surface area contributed by atoms with E-state index in [0.29, 0.717) is 11.3 Å². The Labute approximate surface area is 82.9 Å². The summed E-state index contributed by atoms with van der Waals surface area (Å²) in [5.41, 5.74) is 5.91. The van der Waals surface area contributed by atoms with E-state index in [4.69, 9.17) is 10.5 Å². The van der Waals surface area contributed by atoms with E-state index in [0.717, 1.165) is 0 Å². The van der Waals surface area contributed by atoms with Crippen molar-refractivity contribution in [2.45, 2.75) is 19.1 Å². The zero-order chi connectivity index (χ0) is 10.7. The minimum Gasteiger partial charge on any atom is -0.508 e. The predicted molar refractivity (Wildman–Crippen MR) is 53.3 cm³/mol. The minimum absolute atomic E-state index is 0.0237. The molecule has 0 aliphatic rings. The third kappa shape index (κ3) is 2.16. The van der Waals surface area contributed by atoms with Crippen LogP contribution in [0.4, 0.5) is 0 Å². The van der Waals surface area contributed by atoms with Gasteiger partial charge in [-0.3, -0.25) is 0 Å². The molecule has 0 aromatic heterocycles. The van der Waals surface area contributed by atoms with E-state index in [9.17, 15) is 10.2 Å². The third-order valence-corrected chi connectivity index (χ3v) is 2.05. The van der Waals surface area contributed by atoms with E-state index in [2.05, 4.69) is 0 Å². The van der Waals surface area contributed by atoms with Gasteiger partial charge in [-0.25, -0.2) is 0 Å². The van der Waals surface area contributed by atoms with Crippen molar-refractivity contribution in [2.24, 2.45) is 5.73 Å². The van der Waals surface area contributed by atoms with Crippen molar-refractivity contribution in [3.05, 3.63) is 23.8 Å². The second-order valence-corrected chi connectivity index (χ2v) is 3.23. The number of aromatic hydroxyl groups is 1. The van der Waals surface area contributed by atoms with Crippen LogP contribution in [-0.4, -0.2) is 23.4 Å². The fourth-order valence-corrected chi connectivity index (χ4v) is 1.18. The van der Waals surface area contributed by atoms with E-state index in [1.54, 1.807) is 19.1 Å². The van der Waals surface area contributed by atoms with Crippen LogP contribution in [0.1, 0.15) is 18.6 Å². The summed E-state index contributed by atoms with van der Waals surface area (Å²) in [5, 5.41) is 19.1. The Morgan fingerprint density at radius 2 is 2.07 bits per heavy atom. The number of rotatable bonds is 3. The molecule has 0 aliphatic heterocycles. The van der Waals surface area contributed by atoms with Crippen molar-refractivity contribution in [3.63, 3.8) is 0 Å². The maximum atomic E-state index is 9.66. The predicted octanol–water partition coefficient (Wildman–Crippen LogP) is 0.781. The highest BCUT2D eigenvalue weighted by Gasteiger charge is 2.16. The maximum absolute atomic E-state index is 9.66. The van der Waals surface area contributed by atoms with Crippen LogP contribution in [0, 0.1) is 0 Å². The van der Waals surface area contributed by atoms with Gasteiger partial charge in [-0.05, 0) is 25.1 Å². The van der Waals surface area contributed by atoms with E-state index in [1.165, 1.54) is 13.2 Å². The average Bonchev–Trinajstić information content (AvgIpc) is 2.17. The summed E-state index contributed by atoms with van der Waals surface area (Å²) >= 11 is 0. The molecular formula is C10H15NO3. The highest BCUT2D eigenvalue weighted by molar-refractivity contribution is 5.41. The first-order chi connectivity index (χ1) is 6.56. The minimum atomic E-state index is -0.884. The molecule has 2 unspecified atom stereocenters. The van der Waals surface area contributed by atoms with E-state index in [1.807, 2.05) is 0 Å². The van der Waals surface area contributed by atoms with Gasteiger partial charge < -0.3 is 20.7 Å². The largest absolute Gasteiger partial charge is 0.508 e. The number of benzene rings is 1. The Balaban J connectivity index is 3.05. The summed E-state index contributed by atoms with van der Waals surface area (Å²) in [5.74, 6) is 0.605. The van der Waals surface area contributed by atoms with Gasteiger partial charge in [-0.1, -0.05) is 0 Å². The summed E-state index contributed by atoms with van der Waals surface area (Å²) in [7, 11) is 1.52. The lowest BCUT2D eigenvalue weighted by atomic mass is 10.0. The summed E-state index contributed by atoms with van der Waals surface area (Å²) in [6.45, 7) is 1.67. The van der Waals surface area contributed by atoms with Crippen LogP contribution >= 0.6 is 0 Å². The van der Waals surface area contributed by atoms with Gasteiger partial charge >= 0.3 is 0 Å². The van der Waals surface area contributed by atoms with Crippen LogP contribution in [0.5, 0.6) is 11.5 Å². The lowest BCUT2D eigenvalue weighted by Gasteiger charge is -2.16. The van der Waals surface area contributed by atoms with Crippen molar-refractivity contribution in [1.29, 1.82) is 0 Å². The highest BCUT2D eigenvalue weighted by Crippen LogP contribution is 2.29. The number of aliphatic hydroxyl groups is 1. The molecule has 0 amide bonds. The molecule has 2 atom stereocenters. The molecule has 0 radical (unpaired) electrons. The van der Waals surface area contributed by atoms with Gasteiger partial charge in [-0.2, -0.15) is 0 Å².